The Bertz CT molecular complexity index is 961. The topological polar surface area (TPSA) is 62.7 Å². The number of hydrogen-bond donors (Lipinski definition) is 1. The number of aliphatic hydroxyl groups excluding tert-OH is 1. The van der Waals surface area contributed by atoms with Crippen molar-refractivity contribution in [2.75, 3.05) is 18.1 Å². The largest absolute Gasteiger partial charge is 0.441 e. The van der Waals surface area contributed by atoms with Crippen LogP contribution in [0.15, 0.2) is 67.0 Å². The maximum atomic E-state index is 14.7. The minimum Gasteiger partial charge on any atom is -0.441 e. The standard InChI is InChI=1S/C21H17FN2O3/c22-20-11-17(24-12-18(13-25)27-21(24)26)5-6-19(20)16-3-1-14(2-4-16)15-7-9-23-10-8-15/h1-11,18,25H,12-13H2/t18-/m1/s1. The summed E-state index contributed by atoms with van der Waals surface area (Å²) in [6, 6.07) is 16.1. The molecule has 136 valence electrons. The van der Waals surface area contributed by atoms with Crippen molar-refractivity contribution >= 4 is 11.8 Å². The van der Waals surface area contributed by atoms with E-state index < -0.39 is 18.0 Å². The van der Waals surface area contributed by atoms with Gasteiger partial charge >= 0.3 is 6.09 Å². The highest BCUT2D eigenvalue weighted by Gasteiger charge is 2.32. The van der Waals surface area contributed by atoms with Crippen LogP contribution in [0.3, 0.4) is 0 Å². The molecule has 0 bridgehead atoms. The lowest BCUT2D eigenvalue weighted by molar-refractivity contribution is 0.0963. The number of rotatable bonds is 4. The number of aliphatic hydroxyl groups is 1. The number of anilines is 1. The van der Waals surface area contributed by atoms with Crippen LogP contribution in [0, 0.1) is 5.82 Å². The Balaban J connectivity index is 1.59. The van der Waals surface area contributed by atoms with E-state index in [1.54, 1.807) is 24.5 Å². The summed E-state index contributed by atoms with van der Waals surface area (Å²) in [5.41, 5.74) is 3.66. The predicted octanol–water partition coefficient (Wildman–Crippen LogP) is 3.87. The van der Waals surface area contributed by atoms with Crippen molar-refractivity contribution in [3.8, 4) is 22.3 Å². The molecule has 1 N–H and O–H groups in total. The molecule has 0 unspecified atom stereocenters. The molecule has 6 heteroatoms. The molecule has 0 aliphatic carbocycles. The lowest BCUT2D eigenvalue weighted by atomic mass is 10.0. The number of ether oxygens (including phenoxy) is 1. The maximum Gasteiger partial charge on any atom is 0.414 e. The predicted molar refractivity (Wildman–Crippen MR) is 99.8 cm³/mol. The van der Waals surface area contributed by atoms with Crippen molar-refractivity contribution in [1.82, 2.24) is 4.98 Å². The average Bonchev–Trinajstić information content (AvgIpc) is 3.10. The van der Waals surface area contributed by atoms with Gasteiger partial charge in [0.2, 0.25) is 0 Å². The molecular formula is C21H17FN2O3. The van der Waals surface area contributed by atoms with Gasteiger partial charge in [-0.2, -0.15) is 0 Å². The van der Waals surface area contributed by atoms with Crippen LogP contribution >= 0.6 is 0 Å². The molecule has 2 aromatic carbocycles. The van der Waals surface area contributed by atoms with Crippen LogP contribution in [-0.2, 0) is 4.74 Å². The Kier molecular flexibility index (Phi) is 4.56. The third kappa shape index (κ3) is 3.39. The first-order valence-corrected chi connectivity index (χ1v) is 8.55. The fourth-order valence-corrected chi connectivity index (χ4v) is 3.12. The van der Waals surface area contributed by atoms with E-state index in [-0.39, 0.29) is 13.2 Å². The second-order valence-corrected chi connectivity index (χ2v) is 6.28. The highest BCUT2D eigenvalue weighted by atomic mass is 19.1. The van der Waals surface area contributed by atoms with Gasteiger partial charge in [-0.1, -0.05) is 24.3 Å². The van der Waals surface area contributed by atoms with E-state index in [0.29, 0.717) is 11.3 Å². The number of benzene rings is 2. The lowest BCUT2D eigenvalue weighted by Crippen LogP contribution is -2.25. The first-order chi connectivity index (χ1) is 13.2. The molecule has 1 fully saturated rings. The van der Waals surface area contributed by atoms with Gasteiger partial charge in [-0.05, 0) is 47.0 Å². The van der Waals surface area contributed by atoms with E-state index in [0.717, 1.165) is 16.7 Å². The van der Waals surface area contributed by atoms with Crippen LogP contribution in [0.2, 0.25) is 0 Å². The number of nitrogens with zero attached hydrogens (tertiary/aromatic N) is 2. The van der Waals surface area contributed by atoms with Gasteiger partial charge in [-0.25, -0.2) is 9.18 Å². The molecule has 1 saturated heterocycles. The molecule has 2 heterocycles. The van der Waals surface area contributed by atoms with Gasteiger partial charge in [0, 0.05) is 18.0 Å². The summed E-state index contributed by atoms with van der Waals surface area (Å²) in [4.78, 5) is 17.2. The Labute approximate surface area is 155 Å². The minimum atomic E-state index is -0.582. The molecule has 1 aromatic heterocycles. The van der Waals surface area contributed by atoms with Crippen molar-refractivity contribution in [3.05, 3.63) is 72.8 Å². The third-order valence-electron chi connectivity index (χ3n) is 4.55. The fraction of sp³-hybridized carbons (Fsp3) is 0.143. The van der Waals surface area contributed by atoms with Crippen LogP contribution in [0.4, 0.5) is 14.9 Å². The van der Waals surface area contributed by atoms with E-state index >= 15 is 0 Å². The number of cyclic esters (lactones) is 1. The average molecular weight is 364 g/mol. The normalized spacial score (nSPS) is 16.4. The van der Waals surface area contributed by atoms with Gasteiger partial charge in [-0.15, -0.1) is 0 Å². The molecule has 5 nitrogen and oxygen atoms in total. The second-order valence-electron chi connectivity index (χ2n) is 6.28. The summed E-state index contributed by atoms with van der Waals surface area (Å²) in [5, 5.41) is 9.12. The van der Waals surface area contributed by atoms with E-state index in [1.807, 2.05) is 36.4 Å². The summed E-state index contributed by atoms with van der Waals surface area (Å²) in [6.07, 6.45) is 2.29. The highest BCUT2D eigenvalue weighted by Crippen LogP contribution is 2.30. The maximum absolute atomic E-state index is 14.7. The molecular weight excluding hydrogens is 347 g/mol. The number of amides is 1. The highest BCUT2D eigenvalue weighted by molar-refractivity contribution is 5.90. The zero-order valence-electron chi connectivity index (χ0n) is 14.4. The Morgan fingerprint density at radius 1 is 1.04 bits per heavy atom. The molecule has 1 aliphatic heterocycles. The molecule has 0 spiro atoms. The van der Waals surface area contributed by atoms with Crippen LogP contribution in [-0.4, -0.2) is 35.4 Å². The van der Waals surface area contributed by atoms with Gasteiger partial charge in [0.05, 0.1) is 18.8 Å². The summed E-state index contributed by atoms with van der Waals surface area (Å²) in [7, 11) is 0. The number of carbonyl (C=O) groups is 1. The van der Waals surface area contributed by atoms with E-state index in [1.165, 1.54) is 11.0 Å². The fourth-order valence-electron chi connectivity index (χ4n) is 3.12. The van der Waals surface area contributed by atoms with Crippen molar-refractivity contribution in [3.63, 3.8) is 0 Å². The summed E-state index contributed by atoms with van der Waals surface area (Å²) >= 11 is 0. The monoisotopic (exact) mass is 364 g/mol. The van der Waals surface area contributed by atoms with E-state index in [9.17, 15) is 9.18 Å². The minimum absolute atomic E-state index is 0.203. The molecule has 1 amide bonds. The molecule has 0 radical (unpaired) electrons. The number of halogens is 1. The molecule has 3 aromatic rings. The van der Waals surface area contributed by atoms with Gasteiger partial charge < -0.3 is 9.84 Å². The number of aromatic nitrogens is 1. The van der Waals surface area contributed by atoms with E-state index in [4.69, 9.17) is 9.84 Å². The van der Waals surface area contributed by atoms with Crippen LogP contribution in [0.1, 0.15) is 0 Å². The summed E-state index contributed by atoms with van der Waals surface area (Å²) in [5.74, 6) is -0.426. The van der Waals surface area contributed by atoms with Crippen LogP contribution < -0.4 is 4.90 Å². The zero-order chi connectivity index (χ0) is 18.8. The van der Waals surface area contributed by atoms with Crippen LogP contribution in [0.25, 0.3) is 22.3 Å². The number of hydrogen-bond acceptors (Lipinski definition) is 4. The van der Waals surface area contributed by atoms with Crippen LogP contribution in [0.5, 0.6) is 0 Å². The second kappa shape index (κ2) is 7.17. The Morgan fingerprint density at radius 3 is 2.33 bits per heavy atom. The van der Waals surface area contributed by atoms with Crippen molar-refractivity contribution in [1.29, 1.82) is 0 Å². The van der Waals surface area contributed by atoms with Crippen molar-refractivity contribution in [2.45, 2.75) is 6.10 Å². The molecule has 1 aliphatic rings. The Morgan fingerprint density at radius 2 is 1.70 bits per heavy atom. The molecule has 0 saturated carbocycles. The summed E-state index contributed by atoms with van der Waals surface area (Å²) in [6.45, 7) is -0.0542. The lowest BCUT2D eigenvalue weighted by Gasteiger charge is -2.14. The summed E-state index contributed by atoms with van der Waals surface area (Å²) < 4.78 is 19.7. The van der Waals surface area contributed by atoms with Gasteiger partial charge in [-0.3, -0.25) is 9.88 Å². The van der Waals surface area contributed by atoms with E-state index in [2.05, 4.69) is 4.98 Å². The number of pyridine rings is 1. The van der Waals surface area contributed by atoms with Crippen molar-refractivity contribution < 1.29 is 19.0 Å². The van der Waals surface area contributed by atoms with Crippen molar-refractivity contribution in [2.24, 2.45) is 0 Å². The smallest absolute Gasteiger partial charge is 0.414 e. The first kappa shape index (κ1) is 17.2. The van der Waals surface area contributed by atoms with Gasteiger partial charge in [0.25, 0.3) is 0 Å². The van der Waals surface area contributed by atoms with Gasteiger partial charge in [0.1, 0.15) is 11.9 Å². The van der Waals surface area contributed by atoms with Gasteiger partial charge in [0.15, 0.2) is 0 Å². The third-order valence-corrected chi connectivity index (χ3v) is 4.55. The quantitative estimate of drug-likeness (QED) is 0.763. The first-order valence-electron chi connectivity index (χ1n) is 8.55. The number of carbonyl (C=O) groups excluding carboxylic acids is 1. The SMILES string of the molecule is O=C1O[C@@H](CO)CN1c1ccc(-c2ccc(-c3ccncc3)cc2)c(F)c1. The Hall–Kier alpha value is -3.25. The molecule has 27 heavy (non-hydrogen) atoms. The molecule has 1 atom stereocenters. The molecule has 4 rings (SSSR count). The zero-order valence-corrected chi connectivity index (χ0v) is 14.4.